The maximum Gasteiger partial charge on any atom is 0.115 e. The van der Waals surface area contributed by atoms with Crippen LogP contribution in [0, 0.1) is 5.92 Å². The van der Waals surface area contributed by atoms with Gasteiger partial charge >= 0.3 is 0 Å². The first kappa shape index (κ1) is 12.7. The minimum absolute atomic E-state index is 0. The van der Waals surface area contributed by atoms with Gasteiger partial charge in [-0.05, 0) is 12.0 Å². The van der Waals surface area contributed by atoms with Crippen LogP contribution >= 0.6 is 0 Å². The zero-order chi connectivity index (χ0) is 7.82. The SMILES string of the molecule is C.CC(C)C.c1cncnc1. The van der Waals surface area contributed by atoms with E-state index in [4.69, 9.17) is 0 Å². The molecule has 0 fully saturated rings. The van der Waals surface area contributed by atoms with E-state index < -0.39 is 0 Å². The fourth-order valence-electron chi connectivity index (χ4n) is 0.253. The molecular formula is C9H18N2. The second kappa shape index (κ2) is 9.08. The van der Waals surface area contributed by atoms with Gasteiger partial charge in [0.25, 0.3) is 0 Å². The number of hydrogen-bond acceptors (Lipinski definition) is 2. The molecule has 0 aromatic carbocycles. The van der Waals surface area contributed by atoms with Crippen LogP contribution in [0.3, 0.4) is 0 Å². The van der Waals surface area contributed by atoms with E-state index in [0.717, 1.165) is 5.92 Å². The third kappa shape index (κ3) is 17.6. The zero-order valence-corrected chi connectivity index (χ0v) is 6.78. The molecule has 0 unspecified atom stereocenters. The van der Waals surface area contributed by atoms with Gasteiger partial charge in [0, 0.05) is 12.4 Å². The van der Waals surface area contributed by atoms with E-state index in [1.54, 1.807) is 18.5 Å². The van der Waals surface area contributed by atoms with Crippen LogP contribution in [0.4, 0.5) is 0 Å². The summed E-state index contributed by atoms with van der Waals surface area (Å²) in [6.45, 7) is 6.50. The van der Waals surface area contributed by atoms with E-state index in [0.29, 0.717) is 0 Å². The van der Waals surface area contributed by atoms with E-state index >= 15 is 0 Å². The predicted octanol–water partition coefficient (Wildman–Crippen LogP) is 2.78. The highest BCUT2D eigenvalue weighted by Crippen LogP contribution is 1.81. The molecule has 11 heavy (non-hydrogen) atoms. The Morgan fingerprint density at radius 3 is 1.45 bits per heavy atom. The molecule has 0 aliphatic heterocycles. The molecule has 1 aromatic rings. The summed E-state index contributed by atoms with van der Waals surface area (Å²) in [4.78, 5) is 7.35. The average Bonchev–Trinajstić information content (AvgIpc) is 1.90. The molecule has 1 rings (SSSR count). The average molecular weight is 154 g/mol. The lowest BCUT2D eigenvalue weighted by Gasteiger charge is -1.79. The minimum Gasteiger partial charge on any atom is -0.245 e. The van der Waals surface area contributed by atoms with E-state index in [1.165, 1.54) is 6.33 Å². The predicted molar refractivity (Wildman–Crippen MR) is 49.3 cm³/mol. The van der Waals surface area contributed by atoms with E-state index in [-0.39, 0.29) is 7.43 Å². The van der Waals surface area contributed by atoms with Gasteiger partial charge in [-0.15, -0.1) is 0 Å². The second-order valence-electron chi connectivity index (χ2n) is 2.64. The highest BCUT2D eigenvalue weighted by atomic mass is 14.8. The minimum atomic E-state index is 0. The quantitative estimate of drug-likeness (QED) is 0.574. The first-order chi connectivity index (χ1) is 4.73. The summed E-state index contributed by atoms with van der Waals surface area (Å²) in [5.74, 6) is 0.833. The fourth-order valence-corrected chi connectivity index (χ4v) is 0.253. The van der Waals surface area contributed by atoms with Crippen molar-refractivity contribution < 1.29 is 0 Å². The highest BCUT2D eigenvalue weighted by molar-refractivity contribution is 4.74. The van der Waals surface area contributed by atoms with Gasteiger partial charge in [0.15, 0.2) is 0 Å². The van der Waals surface area contributed by atoms with Crippen molar-refractivity contribution in [1.82, 2.24) is 9.97 Å². The van der Waals surface area contributed by atoms with Crippen LogP contribution in [0.5, 0.6) is 0 Å². The Balaban J connectivity index is 0. The molecular weight excluding hydrogens is 136 g/mol. The molecule has 1 aromatic heterocycles. The molecule has 0 saturated carbocycles. The third-order valence-corrected chi connectivity index (χ3v) is 0.478. The van der Waals surface area contributed by atoms with Crippen molar-refractivity contribution in [3.63, 3.8) is 0 Å². The second-order valence-corrected chi connectivity index (χ2v) is 2.64. The first-order valence-corrected chi connectivity index (χ1v) is 3.43. The smallest absolute Gasteiger partial charge is 0.115 e. The Morgan fingerprint density at radius 2 is 1.36 bits per heavy atom. The first-order valence-electron chi connectivity index (χ1n) is 3.43. The van der Waals surface area contributed by atoms with Crippen molar-refractivity contribution in [1.29, 1.82) is 0 Å². The summed E-state index contributed by atoms with van der Waals surface area (Å²) in [5, 5.41) is 0. The fraction of sp³-hybridized carbons (Fsp3) is 0.556. The third-order valence-electron chi connectivity index (χ3n) is 0.478. The Bertz CT molecular complexity index is 108. The number of rotatable bonds is 0. The maximum absolute atomic E-state index is 3.67. The van der Waals surface area contributed by atoms with Gasteiger partial charge in [-0.25, -0.2) is 9.97 Å². The number of hydrogen-bond donors (Lipinski definition) is 0. The molecule has 0 aliphatic carbocycles. The van der Waals surface area contributed by atoms with Crippen LogP contribution < -0.4 is 0 Å². The lowest BCUT2D eigenvalue weighted by Crippen LogP contribution is -1.66. The Labute approximate surface area is 69.7 Å². The Hall–Kier alpha value is -0.920. The van der Waals surface area contributed by atoms with Crippen molar-refractivity contribution in [2.45, 2.75) is 28.2 Å². The van der Waals surface area contributed by atoms with Gasteiger partial charge in [0.1, 0.15) is 6.33 Å². The summed E-state index contributed by atoms with van der Waals surface area (Å²) in [5.41, 5.74) is 0. The van der Waals surface area contributed by atoms with Crippen LogP contribution in [-0.4, -0.2) is 9.97 Å². The summed E-state index contributed by atoms with van der Waals surface area (Å²) >= 11 is 0. The number of aromatic nitrogens is 2. The van der Waals surface area contributed by atoms with Crippen molar-refractivity contribution in [2.75, 3.05) is 0 Å². The van der Waals surface area contributed by atoms with Crippen LogP contribution in [0.1, 0.15) is 28.2 Å². The molecule has 0 atom stereocenters. The zero-order valence-electron chi connectivity index (χ0n) is 6.78. The van der Waals surface area contributed by atoms with Gasteiger partial charge in [-0.3, -0.25) is 0 Å². The molecule has 64 valence electrons. The van der Waals surface area contributed by atoms with Gasteiger partial charge in [-0.2, -0.15) is 0 Å². The van der Waals surface area contributed by atoms with Gasteiger partial charge < -0.3 is 0 Å². The lowest BCUT2D eigenvalue weighted by molar-refractivity contribution is 0.737. The Kier molecular flexibility index (Phi) is 10.5. The molecule has 0 bridgehead atoms. The topological polar surface area (TPSA) is 25.8 Å². The van der Waals surface area contributed by atoms with Crippen LogP contribution in [0.2, 0.25) is 0 Å². The Morgan fingerprint density at radius 1 is 1.00 bits per heavy atom. The molecule has 2 heteroatoms. The van der Waals surface area contributed by atoms with Crippen LogP contribution in [0.15, 0.2) is 24.8 Å². The molecule has 0 N–H and O–H groups in total. The van der Waals surface area contributed by atoms with Gasteiger partial charge in [0.05, 0.1) is 0 Å². The van der Waals surface area contributed by atoms with Crippen molar-refractivity contribution in [3.05, 3.63) is 24.8 Å². The van der Waals surface area contributed by atoms with E-state index in [1.807, 2.05) is 0 Å². The van der Waals surface area contributed by atoms with Crippen LogP contribution in [-0.2, 0) is 0 Å². The summed E-state index contributed by atoms with van der Waals surface area (Å²) in [6.07, 6.45) is 4.88. The lowest BCUT2D eigenvalue weighted by atomic mass is 10.3. The van der Waals surface area contributed by atoms with E-state index in [2.05, 4.69) is 30.7 Å². The summed E-state index contributed by atoms with van der Waals surface area (Å²) in [7, 11) is 0. The van der Waals surface area contributed by atoms with Crippen molar-refractivity contribution >= 4 is 0 Å². The highest BCUT2D eigenvalue weighted by Gasteiger charge is 1.68. The molecule has 2 nitrogen and oxygen atoms in total. The van der Waals surface area contributed by atoms with Crippen molar-refractivity contribution in [2.24, 2.45) is 5.92 Å². The van der Waals surface area contributed by atoms with Gasteiger partial charge in [-0.1, -0.05) is 28.2 Å². The molecule has 0 radical (unpaired) electrons. The van der Waals surface area contributed by atoms with Gasteiger partial charge in [0.2, 0.25) is 0 Å². The van der Waals surface area contributed by atoms with Crippen molar-refractivity contribution in [3.8, 4) is 0 Å². The normalized spacial score (nSPS) is 7.64. The molecule has 0 aliphatic rings. The van der Waals surface area contributed by atoms with Crippen LogP contribution in [0.25, 0.3) is 0 Å². The maximum atomic E-state index is 3.67. The van der Waals surface area contributed by atoms with E-state index in [9.17, 15) is 0 Å². The summed E-state index contributed by atoms with van der Waals surface area (Å²) in [6, 6.07) is 1.78. The standard InChI is InChI=1S/C4H4N2.C4H10.CH4/c1-2-5-4-6-3-1;1-4(2)3;/h1-4H;4H,1-3H3;1H4. The molecule has 0 saturated heterocycles. The molecule has 1 heterocycles. The number of nitrogens with zero attached hydrogens (tertiary/aromatic N) is 2. The summed E-state index contributed by atoms with van der Waals surface area (Å²) < 4.78 is 0. The molecule has 0 spiro atoms. The largest absolute Gasteiger partial charge is 0.245 e. The molecule has 0 amide bonds. The monoisotopic (exact) mass is 154 g/mol.